The van der Waals surface area contributed by atoms with Crippen molar-refractivity contribution in [2.24, 2.45) is 10.1 Å². The fourth-order valence-electron chi connectivity index (χ4n) is 2.31. The maximum atomic E-state index is 13.2. The average Bonchev–Trinajstić information content (AvgIpc) is 2.59. The molecule has 2 aromatic rings. The summed E-state index contributed by atoms with van der Waals surface area (Å²) in [4.78, 5) is 4.54. The Morgan fingerprint density at radius 2 is 1.85 bits per heavy atom. The molecule has 0 aliphatic heterocycles. The van der Waals surface area contributed by atoms with Gasteiger partial charge in [0.15, 0.2) is 5.96 Å². The van der Waals surface area contributed by atoms with Crippen LogP contribution in [0, 0.1) is 5.82 Å². The molecule has 0 saturated heterocycles. The van der Waals surface area contributed by atoms with Gasteiger partial charge in [-0.25, -0.2) is 22.9 Å². The second kappa shape index (κ2) is 9.30. The van der Waals surface area contributed by atoms with E-state index in [0.717, 1.165) is 11.1 Å². The van der Waals surface area contributed by atoms with Crippen molar-refractivity contribution in [1.29, 1.82) is 0 Å². The van der Waals surface area contributed by atoms with Crippen molar-refractivity contribution in [1.82, 2.24) is 10.6 Å². The van der Waals surface area contributed by atoms with Crippen LogP contribution in [0.3, 0.4) is 0 Å². The summed E-state index contributed by atoms with van der Waals surface area (Å²) in [6, 6.07) is 12.8. The first-order chi connectivity index (χ1) is 12.4. The van der Waals surface area contributed by atoms with Crippen LogP contribution in [0.15, 0.2) is 58.4 Å². The maximum absolute atomic E-state index is 13.2. The number of sulfonamides is 1. The third kappa shape index (κ3) is 6.45. The predicted octanol–water partition coefficient (Wildman–Crippen LogP) is 1.77. The Bertz CT molecular complexity index is 852. The number of nitrogens with two attached hydrogens (primary N) is 1. The molecule has 0 amide bonds. The van der Waals surface area contributed by atoms with Crippen molar-refractivity contribution in [2.75, 3.05) is 13.1 Å². The second-order valence-corrected chi connectivity index (χ2v) is 7.25. The summed E-state index contributed by atoms with van der Waals surface area (Å²) in [5, 5.41) is 11.4. The summed E-state index contributed by atoms with van der Waals surface area (Å²) in [7, 11) is -3.69. The molecular formula is C18H23FN4O2S. The van der Waals surface area contributed by atoms with E-state index in [-0.39, 0.29) is 10.7 Å². The quantitative estimate of drug-likeness (QED) is 0.505. The highest BCUT2D eigenvalue weighted by Gasteiger charge is 2.06. The molecule has 0 atom stereocenters. The van der Waals surface area contributed by atoms with E-state index in [0.29, 0.717) is 32.0 Å². The molecule has 0 fully saturated rings. The predicted molar refractivity (Wildman–Crippen MR) is 101 cm³/mol. The fraction of sp³-hybridized carbons (Fsp3) is 0.278. The summed E-state index contributed by atoms with van der Waals surface area (Å²) in [5.74, 6) is 0.394. The summed E-state index contributed by atoms with van der Waals surface area (Å²) in [6.07, 6.45) is 0.672. The first-order valence-electron chi connectivity index (χ1n) is 8.27. The number of rotatable bonds is 7. The van der Waals surface area contributed by atoms with Crippen LogP contribution in [-0.4, -0.2) is 27.5 Å². The van der Waals surface area contributed by atoms with Gasteiger partial charge < -0.3 is 10.6 Å². The number of nitrogens with one attached hydrogen (secondary N) is 2. The minimum Gasteiger partial charge on any atom is -0.357 e. The average molecular weight is 378 g/mol. The summed E-state index contributed by atoms with van der Waals surface area (Å²) in [5.41, 5.74) is 1.77. The van der Waals surface area contributed by atoms with Crippen molar-refractivity contribution in [2.45, 2.75) is 24.8 Å². The van der Waals surface area contributed by atoms with Crippen molar-refractivity contribution >= 4 is 16.0 Å². The van der Waals surface area contributed by atoms with E-state index < -0.39 is 10.0 Å². The largest absolute Gasteiger partial charge is 0.357 e. The smallest absolute Gasteiger partial charge is 0.238 e. The van der Waals surface area contributed by atoms with Gasteiger partial charge in [0.25, 0.3) is 0 Å². The van der Waals surface area contributed by atoms with E-state index in [1.165, 1.54) is 24.3 Å². The van der Waals surface area contributed by atoms with Crippen molar-refractivity contribution in [3.8, 4) is 0 Å². The zero-order valence-electron chi connectivity index (χ0n) is 14.6. The molecule has 4 N–H and O–H groups in total. The van der Waals surface area contributed by atoms with Gasteiger partial charge in [0.2, 0.25) is 10.0 Å². The molecule has 0 aliphatic rings. The number of nitrogens with zero attached hydrogens (tertiary/aromatic N) is 1. The molecule has 6 nitrogen and oxygen atoms in total. The molecule has 0 heterocycles. The molecule has 8 heteroatoms. The number of aliphatic imine (C=N–C) groups is 1. The Hall–Kier alpha value is -2.45. The van der Waals surface area contributed by atoms with E-state index in [4.69, 9.17) is 5.14 Å². The molecule has 0 saturated carbocycles. The lowest BCUT2D eigenvalue weighted by molar-refractivity contribution is 0.597. The van der Waals surface area contributed by atoms with Gasteiger partial charge >= 0.3 is 0 Å². The first kappa shape index (κ1) is 19.9. The van der Waals surface area contributed by atoms with Gasteiger partial charge in [-0.1, -0.05) is 24.3 Å². The highest BCUT2D eigenvalue weighted by Crippen LogP contribution is 2.09. The molecule has 26 heavy (non-hydrogen) atoms. The molecule has 2 rings (SSSR count). The zero-order valence-corrected chi connectivity index (χ0v) is 15.4. The highest BCUT2D eigenvalue weighted by molar-refractivity contribution is 7.89. The van der Waals surface area contributed by atoms with Crippen LogP contribution in [0.4, 0.5) is 4.39 Å². The lowest BCUT2D eigenvalue weighted by atomic mass is 10.1. The molecule has 0 unspecified atom stereocenters. The molecule has 0 bridgehead atoms. The summed E-state index contributed by atoms with van der Waals surface area (Å²) in [6.45, 7) is 3.67. The maximum Gasteiger partial charge on any atom is 0.238 e. The van der Waals surface area contributed by atoms with Gasteiger partial charge in [0, 0.05) is 13.1 Å². The number of benzene rings is 2. The Balaban J connectivity index is 1.93. The molecule has 140 valence electrons. The standard InChI is InChI=1S/C18H23FN4O2S/c1-2-21-18(22-11-10-14-4-3-5-16(19)12-14)23-13-15-6-8-17(9-7-15)26(20,24)25/h3-9,12H,2,10-11,13H2,1H3,(H2,20,24,25)(H2,21,22,23). The third-order valence-corrected chi connectivity index (χ3v) is 4.54. The van der Waals surface area contributed by atoms with E-state index >= 15 is 0 Å². The van der Waals surface area contributed by atoms with Gasteiger partial charge in [0.1, 0.15) is 5.82 Å². The monoisotopic (exact) mass is 378 g/mol. The fourth-order valence-corrected chi connectivity index (χ4v) is 2.83. The van der Waals surface area contributed by atoms with Gasteiger partial charge in [0.05, 0.1) is 11.4 Å². The number of guanidine groups is 1. The Labute approximate surface area is 153 Å². The molecule has 2 aromatic carbocycles. The highest BCUT2D eigenvalue weighted by atomic mass is 32.2. The first-order valence-corrected chi connectivity index (χ1v) is 9.81. The topological polar surface area (TPSA) is 96.6 Å². The molecular weight excluding hydrogens is 355 g/mol. The molecule has 0 radical (unpaired) electrons. The normalized spacial score (nSPS) is 12.0. The number of hydrogen-bond acceptors (Lipinski definition) is 3. The van der Waals surface area contributed by atoms with Gasteiger partial charge in [-0.05, 0) is 48.7 Å². The Kier molecular flexibility index (Phi) is 7.11. The zero-order chi connectivity index (χ0) is 19.0. The van der Waals surface area contributed by atoms with Crippen molar-refractivity contribution < 1.29 is 12.8 Å². The van der Waals surface area contributed by atoms with Crippen LogP contribution in [0.5, 0.6) is 0 Å². The lowest BCUT2D eigenvalue weighted by Gasteiger charge is -2.11. The minimum absolute atomic E-state index is 0.0744. The SMILES string of the molecule is CCNC(=NCc1ccc(S(N)(=O)=O)cc1)NCCc1cccc(F)c1. The molecule has 0 aliphatic carbocycles. The summed E-state index contributed by atoms with van der Waals surface area (Å²) >= 11 is 0. The van der Waals surface area contributed by atoms with Crippen LogP contribution in [0.2, 0.25) is 0 Å². The van der Waals surface area contributed by atoms with E-state index in [1.54, 1.807) is 18.2 Å². The Morgan fingerprint density at radius 3 is 2.46 bits per heavy atom. The second-order valence-electron chi connectivity index (χ2n) is 5.69. The number of hydrogen-bond donors (Lipinski definition) is 3. The lowest BCUT2D eigenvalue weighted by Crippen LogP contribution is -2.38. The van der Waals surface area contributed by atoms with Crippen LogP contribution < -0.4 is 15.8 Å². The van der Waals surface area contributed by atoms with Crippen LogP contribution in [0.1, 0.15) is 18.1 Å². The van der Waals surface area contributed by atoms with Gasteiger partial charge in [-0.2, -0.15) is 0 Å². The van der Waals surface area contributed by atoms with Crippen LogP contribution >= 0.6 is 0 Å². The van der Waals surface area contributed by atoms with E-state index in [9.17, 15) is 12.8 Å². The number of halogens is 1. The van der Waals surface area contributed by atoms with Crippen LogP contribution in [0.25, 0.3) is 0 Å². The Morgan fingerprint density at radius 1 is 1.12 bits per heavy atom. The molecule has 0 aromatic heterocycles. The van der Waals surface area contributed by atoms with Gasteiger partial charge in [-0.3, -0.25) is 0 Å². The van der Waals surface area contributed by atoms with Crippen molar-refractivity contribution in [3.63, 3.8) is 0 Å². The molecule has 0 spiro atoms. The van der Waals surface area contributed by atoms with Gasteiger partial charge in [-0.15, -0.1) is 0 Å². The van der Waals surface area contributed by atoms with E-state index in [2.05, 4.69) is 15.6 Å². The van der Waals surface area contributed by atoms with E-state index in [1.807, 2.05) is 13.0 Å². The van der Waals surface area contributed by atoms with Crippen LogP contribution in [-0.2, 0) is 23.0 Å². The van der Waals surface area contributed by atoms with Crippen molar-refractivity contribution in [3.05, 3.63) is 65.5 Å². The number of primary sulfonamides is 1. The summed E-state index contributed by atoms with van der Waals surface area (Å²) < 4.78 is 35.7. The third-order valence-electron chi connectivity index (χ3n) is 3.61. The minimum atomic E-state index is -3.69.